The maximum atomic E-state index is 13.6. The summed E-state index contributed by atoms with van der Waals surface area (Å²) in [7, 11) is 1.60. The number of amides is 1. The number of aliphatic hydroxyl groups excluding tert-OH is 1. The van der Waals surface area contributed by atoms with Crippen LogP contribution in [0.15, 0.2) is 90.8 Å². The molecule has 0 saturated carbocycles. The van der Waals surface area contributed by atoms with Crippen LogP contribution in [0.1, 0.15) is 42.5 Å². The molecule has 0 aliphatic carbocycles. The molecule has 1 N–H and O–H groups in total. The summed E-state index contributed by atoms with van der Waals surface area (Å²) >= 11 is 0. The lowest BCUT2D eigenvalue weighted by molar-refractivity contribution is -0.132. The van der Waals surface area contributed by atoms with Gasteiger partial charge in [-0.2, -0.15) is 0 Å². The number of aromatic nitrogens is 1. The number of pyridine rings is 1. The van der Waals surface area contributed by atoms with Crippen molar-refractivity contribution in [2.75, 3.05) is 12.0 Å². The molecule has 0 bridgehead atoms. The van der Waals surface area contributed by atoms with Gasteiger partial charge in [-0.3, -0.25) is 19.5 Å². The van der Waals surface area contributed by atoms with Gasteiger partial charge in [0, 0.05) is 23.3 Å². The van der Waals surface area contributed by atoms with Crippen LogP contribution in [0.25, 0.3) is 16.5 Å². The molecular formula is C30H26N2O4. The Kier molecular flexibility index (Phi) is 6.02. The standard InChI is InChI=1S/C30H26N2O4/c1-18(2)23-17-21(11-12-25(23)36-3)28(33)26-27(20-13-15-31-16-14-20)32(30(35)29(26)34)24-10-6-8-19-7-4-5-9-22(19)24/h4-18,27,33H,1-3H3/b28-26+. The lowest BCUT2D eigenvalue weighted by Crippen LogP contribution is -2.29. The number of fused-ring (bicyclic) bond motifs is 1. The molecule has 36 heavy (non-hydrogen) atoms. The van der Waals surface area contributed by atoms with Gasteiger partial charge in [0.15, 0.2) is 0 Å². The zero-order valence-electron chi connectivity index (χ0n) is 20.3. The first-order valence-corrected chi connectivity index (χ1v) is 11.8. The topological polar surface area (TPSA) is 79.7 Å². The Morgan fingerprint density at radius 2 is 1.69 bits per heavy atom. The fraction of sp³-hybridized carbons (Fsp3) is 0.167. The summed E-state index contributed by atoms with van der Waals surface area (Å²) in [6.45, 7) is 4.05. The largest absolute Gasteiger partial charge is 0.507 e. The Hall–Kier alpha value is -4.45. The SMILES string of the molecule is COc1ccc(/C(O)=C2\C(=O)C(=O)N(c3cccc4ccccc34)C2c2ccncc2)cc1C(C)C. The van der Waals surface area contributed by atoms with E-state index in [1.807, 2.05) is 62.4 Å². The number of ether oxygens (including phenoxy) is 1. The van der Waals surface area contributed by atoms with Crippen LogP contribution >= 0.6 is 0 Å². The molecule has 4 aromatic rings. The maximum absolute atomic E-state index is 13.6. The molecule has 2 heterocycles. The molecule has 1 amide bonds. The molecule has 1 aromatic heterocycles. The molecular weight excluding hydrogens is 452 g/mol. The van der Waals surface area contributed by atoms with Gasteiger partial charge in [0.2, 0.25) is 0 Å². The third-order valence-corrected chi connectivity index (χ3v) is 6.62. The Balaban J connectivity index is 1.76. The average Bonchev–Trinajstić information content (AvgIpc) is 3.18. The fourth-order valence-corrected chi connectivity index (χ4v) is 4.85. The summed E-state index contributed by atoms with van der Waals surface area (Å²) in [6.07, 6.45) is 3.23. The van der Waals surface area contributed by atoms with Gasteiger partial charge in [-0.05, 0) is 58.8 Å². The molecule has 1 aliphatic rings. The molecule has 6 nitrogen and oxygen atoms in total. The highest BCUT2D eigenvalue weighted by molar-refractivity contribution is 6.52. The quantitative estimate of drug-likeness (QED) is 0.216. The lowest BCUT2D eigenvalue weighted by Gasteiger charge is -2.26. The number of Topliss-reactive ketones (excluding diaryl/α,β-unsaturated/α-hetero) is 1. The number of benzene rings is 3. The number of carbonyl (C=O) groups excluding carboxylic acids is 2. The van der Waals surface area contributed by atoms with E-state index in [0.29, 0.717) is 22.6 Å². The molecule has 3 aromatic carbocycles. The number of ketones is 1. The van der Waals surface area contributed by atoms with E-state index in [0.717, 1.165) is 16.3 Å². The maximum Gasteiger partial charge on any atom is 0.300 e. The van der Waals surface area contributed by atoms with Crippen LogP contribution in [0.2, 0.25) is 0 Å². The van der Waals surface area contributed by atoms with Gasteiger partial charge < -0.3 is 9.84 Å². The van der Waals surface area contributed by atoms with E-state index in [-0.39, 0.29) is 17.3 Å². The van der Waals surface area contributed by atoms with E-state index in [9.17, 15) is 14.7 Å². The van der Waals surface area contributed by atoms with Crippen molar-refractivity contribution in [1.82, 2.24) is 4.98 Å². The number of nitrogens with zero attached hydrogens (tertiary/aromatic N) is 2. The number of anilines is 1. The van der Waals surface area contributed by atoms with E-state index in [1.54, 1.807) is 43.8 Å². The third kappa shape index (κ3) is 3.81. The Bertz CT molecular complexity index is 1500. The monoisotopic (exact) mass is 478 g/mol. The first kappa shape index (κ1) is 23.3. The average molecular weight is 479 g/mol. The summed E-state index contributed by atoms with van der Waals surface area (Å²) in [5, 5.41) is 13.3. The van der Waals surface area contributed by atoms with Crippen molar-refractivity contribution in [3.63, 3.8) is 0 Å². The Labute approximate surface area is 209 Å². The highest BCUT2D eigenvalue weighted by atomic mass is 16.5. The van der Waals surface area contributed by atoms with Crippen molar-refractivity contribution in [2.24, 2.45) is 0 Å². The summed E-state index contributed by atoms with van der Waals surface area (Å²) in [5.41, 5.74) is 2.67. The van der Waals surface area contributed by atoms with E-state index in [1.165, 1.54) is 4.90 Å². The molecule has 5 rings (SSSR count). The van der Waals surface area contributed by atoms with Gasteiger partial charge in [-0.25, -0.2) is 0 Å². The second-order valence-corrected chi connectivity index (χ2v) is 9.06. The number of methoxy groups -OCH3 is 1. The van der Waals surface area contributed by atoms with Gasteiger partial charge >= 0.3 is 0 Å². The van der Waals surface area contributed by atoms with Crippen LogP contribution in [-0.4, -0.2) is 28.9 Å². The molecule has 0 radical (unpaired) electrons. The highest BCUT2D eigenvalue weighted by Crippen LogP contribution is 2.44. The van der Waals surface area contributed by atoms with Gasteiger partial charge in [0.05, 0.1) is 24.4 Å². The molecule has 0 spiro atoms. The number of hydrogen-bond donors (Lipinski definition) is 1. The predicted molar refractivity (Wildman–Crippen MR) is 140 cm³/mol. The number of hydrogen-bond acceptors (Lipinski definition) is 5. The minimum atomic E-state index is -0.816. The number of carbonyl (C=O) groups is 2. The molecule has 6 heteroatoms. The number of aliphatic hydroxyl groups is 1. The van der Waals surface area contributed by atoms with Crippen LogP contribution in [-0.2, 0) is 9.59 Å². The van der Waals surface area contributed by atoms with Crippen molar-refractivity contribution >= 4 is 33.9 Å². The van der Waals surface area contributed by atoms with Crippen LogP contribution < -0.4 is 9.64 Å². The molecule has 1 unspecified atom stereocenters. The summed E-state index contributed by atoms with van der Waals surface area (Å²) < 4.78 is 5.48. The normalized spacial score (nSPS) is 17.2. The summed E-state index contributed by atoms with van der Waals surface area (Å²) in [4.78, 5) is 32.7. The molecule has 1 atom stereocenters. The van der Waals surface area contributed by atoms with Gasteiger partial charge in [0.25, 0.3) is 11.7 Å². The van der Waals surface area contributed by atoms with Crippen LogP contribution in [0.4, 0.5) is 5.69 Å². The molecule has 1 saturated heterocycles. The van der Waals surface area contributed by atoms with Gasteiger partial charge in [0.1, 0.15) is 11.5 Å². The summed E-state index contributed by atoms with van der Waals surface area (Å²) in [5.74, 6) is -0.816. The zero-order valence-corrected chi connectivity index (χ0v) is 20.3. The fourth-order valence-electron chi connectivity index (χ4n) is 4.85. The molecule has 1 fully saturated rings. The van der Waals surface area contributed by atoms with Crippen LogP contribution in [0, 0.1) is 0 Å². The predicted octanol–water partition coefficient (Wildman–Crippen LogP) is 5.99. The van der Waals surface area contributed by atoms with Crippen molar-refractivity contribution in [2.45, 2.75) is 25.8 Å². The van der Waals surface area contributed by atoms with E-state index < -0.39 is 17.7 Å². The van der Waals surface area contributed by atoms with Crippen molar-refractivity contribution in [3.05, 3.63) is 107 Å². The third-order valence-electron chi connectivity index (χ3n) is 6.62. The summed E-state index contributed by atoms with van der Waals surface area (Å²) in [6, 6.07) is 21.3. The molecule has 180 valence electrons. The first-order valence-electron chi connectivity index (χ1n) is 11.8. The molecule has 1 aliphatic heterocycles. The van der Waals surface area contributed by atoms with Crippen LogP contribution in [0.3, 0.4) is 0 Å². The Morgan fingerprint density at radius 3 is 2.42 bits per heavy atom. The van der Waals surface area contributed by atoms with E-state index >= 15 is 0 Å². The highest BCUT2D eigenvalue weighted by Gasteiger charge is 2.47. The smallest absolute Gasteiger partial charge is 0.300 e. The zero-order chi connectivity index (χ0) is 25.4. The van der Waals surface area contributed by atoms with Crippen molar-refractivity contribution < 1.29 is 19.4 Å². The van der Waals surface area contributed by atoms with Crippen molar-refractivity contribution in [1.29, 1.82) is 0 Å². The van der Waals surface area contributed by atoms with E-state index in [4.69, 9.17) is 4.74 Å². The van der Waals surface area contributed by atoms with Gasteiger partial charge in [-0.1, -0.05) is 50.2 Å². The minimum absolute atomic E-state index is 0.0407. The first-order chi connectivity index (χ1) is 17.4. The van der Waals surface area contributed by atoms with Crippen molar-refractivity contribution in [3.8, 4) is 5.75 Å². The lowest BCUT2D eigenvalue weighted by atomic mass is 9.93. The van der Waals surface area contributed by atoms with E-state index in [2.05, 4.69) is 4.98 Å². The van der Waals surface area contributed by atoms with Gasteiger partial charge in [-0.15, -0.1) is 0 Å². The second-order valence-electron chi connectivity index (χ2n) is 9.06. The van der Waals surface area contributed by atoms with Crippen LogP contribution in [0.5, 0.6) is 5.75 Å². The minimum Gasteiger partial charge on any atom is -0.507 e. The number of rotatable bonds is 5. The Morgan fingerprint density at radius 1 is 0.972 bits per heavy atom. The second kappa shape index (κ2) is 9.30.